The molecule has 1 atom stereocenters. The second kappa shape index (κ2) is 14.4. The van der Waals surface area contributed by atoms with Gasteiger partial charge in [0, 0.05) is 57.7 Å². The molecule has 0 spiro atoms. The highest BCUT2D eigenvalue weighted by Gasteiger charge is 2.38. The number of ketones is 1. The lowest BCUT2D eigenvalue weighted by atomic mass is 9.90. The summed E-state index contributed by atoms with van der Waals surface area (Å²) in [4.78, 5) is 27.4. The van der Waals surface area contributed by atoms with Gasteiger partial charge in [0.25, 0.3) is 0 Å². The van der Waals surface area contributed by atoms with Crippen LogP contribution < -0.4 is 21.3 Å². The van der Waals surface area contributed by atoms with Gasteiger partial charge in [-0.15, -0.1) is 0 Å². The minimum absolute atomic E-state index is 0.000121. The summed E-state index contributed by atoms with van der Waals surface area (Å²) in [7, 11) is -3.69. The maximum absolute atomic E-state index is 13.9. The van der Waals surface area contributed by atoms with Crippen LogP contribution in [-0.4, -0.2) is 86.0 Å². The molecule has 46 heavy (non-hydrogen) atoms. The molecule has 0 amide bonds. The smallest absolute Gasteiger partial charge is 0.370 e. The summed E-state index contributed by atoms with van der Waals surface area (Å²) in [6.07, 6.45) is -7.15. The van der Waals surface area contributed by atoms with Crippen molar-refractivity contribution in [2.24, 2.45) is 22.4 Å². The van der Waals surface area contributed by atoms with E-state index in [9.17, 15) is 39.6 Å². The Labute approximate surface area is 262 Å². The highest BCUT2D eigenvalue weighted by molar-refractivity contribution is 7.89. The van der Waals surface area contributed by atoms with Gasteiger partial charge in [0.15, 0.2) is 5.96 Å². The predicted molar refractivity (Wildman–Crippen MR) is 160 cm³/mol. The highest BCUT2D eigenvalue weighted by Crippen LogP contribution is 2.33. The number of piperazine rings is 1. The third-order valence-corrected chi connectivity index (χ3v) is 9.77. The highest BCUT2D eigenvalue weighted by atomic mass is 32.2. The Morgan fingerprint density at radius 1 is 0.913 bits per heavy atom. The second-order valence-electron chi connectivity index (χ2n) is 11.2. The molecule has 3 heterocycles. The number of guanidine groups is 1. The minimum Gasteiger partial charge on any atom is -0.370 e. The van der Waals surface area contributed by atoms with Gasteiger partial charge < -0.3 is 21.3 Å². The summed E-state index contributed by atoms with van der Waals surface area (Å²) in [6, 6.07) is 6.19. The zero-order chi connectivity index (χ0) is 33.7. The van der Waals surface area contributed by atoms with Gasteiger partial charge in [-0.2, -0.15) is 30.6 Å². The van der Waals surface area contributed by atoms with Crippen LogP contribution in [0.2, 0.25) is 0 Å². The number of halogens is 6. The van der Waals surface area contributed by atoms with Crippen LogP contribution in [0.1, 0.15) is 42.6 Å². The lowest BCUT2D eigenvalue weighted by molar-refractivity contribution is -0.145. The number of carbonyl (C=O) groups is 1. The molecule has 0 aliphatic carbocycles. The number of aromatic nitrogens is 2. The normalized spacial score (nSPS) is 18.4. The lowest BCUT2D eigenvalue weighted by Crippen LogP contribution is -2.50. The molecule has 18 heteroatoms. The molecule has 0 radical (unpaired) electrons. The Balaban J connectivity index is 1.39. The van der Waals surface area contributed by atoms with Crippen molar-refractivity contribution >= 4 is 33.4 Å². The number of rotatable bonds is 11. The summed E-state index contributed by atoms with van der Waals surface area (Å²) >= 11 is 0. The summed E-state index contributed by atoms with van der Waals surface area (Å²) in [5.74, 6) is -2.38. The van der Waals surface area contributed by atoms with E-state index in [4.69, 9.17) is 11.5 Å². The number of hydrogen-bond acceptors (Lipinski definition) is 8. The second-order valence-corrected chi connectivity index (χ2v) is 13.3. The van der Waals surface area contributed by atoms with Crippen molar-refractivity contribution in [2.45, 2.75) is 44.5 Å². The van der Waals surface area contributed by atoms with Gasteiger partial charge in [0.1, 0.15) is 17.4 Å². The van der Waals surface area contributed by atoms with Crippen LogP contribution in [0.15, 0.2) is 35.3 Å². The molecule has 0 saturated carbocycles. The fraction of sp³-hybridized carbons (Fsp3) is 0.571. The maximum Gasteiger partial charge on any atom is 0.451 e. The van der Waals surface area contributed by atoms with Crippen LogP contribution in [0.5, 0.6) is 0 Å². The molecule has 0 unspecified atom stereocenters. The number of alkyl halides is 6. The summed E-state index contributed by atoms with van der Waals surface area (Å²) in [5.41, 5.74) is 10.4. The van der Waals surface area contributed by atoms with Crippen LogP contribution in [0.25, 0.3) is 0 Å². The number of benzene rings is 1. The van der Waals surface area contributed by atoms with E-state index in [1.807, 2.05) is 0 Å². The summed E-state index contributed by atoms with van der Waals surface area (Å²) < 4.78 is 106. The zero-order valence-corrected chi connectivity index (χ0v) is 25.7. The first-order valence-electron chi connectivity index (χ1n) is 14.7. The molecule has 2 aliphatic rings. The Morgan fingerprint density at radius 2 is 1.54 bits per heavy atom. The minimum atomic E-state index is -4.84. The van der Waals surface area contributed by atoms with Crippen molar-refractivity contribution in [3.8, 4) is 0 Å². The van der Waals surface area contributed by atoms with Crippen LogP contribution in [0, 0.1) is 5.92 Å². The van der Waals surface area contributed by atoms with Crippen LogP contribution >= 0.6 is 0 Å². The van der Waals surface area contributed by atoms with E-state index in [2.05, 4.69) is 15.0 Å². The first-order chi connectivity index (χ1) is 21.5. The molecule has 254 valence electrons. The van der Waals surface area contributed by atoms with Crippen LogP contribution in [-0.2, 0) is 33.6 Å². The predicted octanol–water partition coefficient (Wildman–Crippen LogP) is 3.05. The van der Waals surface area contributed by atoms with Gasteiger partial charge in [0.05, 0.1) is 17.9 Å². The van der Waals surface area contributed by atoms with E-state index in [1.54, 1.807) is 9.80 Å². The molecule has 0 bridgehead atoms. The first kappa shape index (κ1) is 35.2. The molecule has 4 N–H and O–H groups in total. The van der Waals surface area contributed by atoms with Crippen LogP contribution in [0.4, 0.5) is 38.0 Å². The van der Waals surface area contributed by atoms with Gasteiger partial charge >= 0.3 is 12.4 Å². The number of piperidine rings is 1. The van der Waals surface area contributed by atoms with Gasteiger partial charge in [-0.1, -0.05) is 12.1 Å². The average Bonchev–Trinajstić information content (AvgIpc) is 3.00. The summed E-state index contributed by atoms with van der Waals surface area (Å²) in [5, 5.41) is 0. The zero-order valence-electron chi connectivity index (χ0n) is 24.9. The van der Waals surface area contributed by atoms with Gasteiger partial charge in [-0.25, -0.2) is 18.4 Å². The standard InChI is InChI=1S/C28H36F6N8O3S/c29-27(30,31)21-8-6-19(7-9-21)3-1-5-22(43)20-4-2-11-41(18-20)24-17-23(38-25(39-24)28(32,33)34)40-12-14-42(15-13-40)46(44,45)16-10-37-26(35)36/h6-9,17,20H,1-5,10-16,18H2,(H4,35,36,37)/t20-/m1/s1. The Morgan fingerprint density at radius 3 is 2.13 bits per heavy atom. The number of aryl methyl sites for hydroxylation is 1. The molecule has 2 aromatic rings. The SMILES string of the molecule is NC(N)=NCCS(=O)(=O)N1CCN(c2cc(N3CCC[C@@H](C(=O)CCCc4ccc(C(F)(F)F)cc4)C3)nc(C(F)(F)F)n2)CC1. The van der Waals surface area contributed by atoms with Crippen molar-refractivity contribution in [1.29, 1.82) is 0 Å². The van der Waals surface area contributed by atoms with Crippen LogP contribution in [0.3, 0.4) is 0 Å². The number of nitrogens with zero attached hydrogens (tertiary/aromatic N) is 6. The van der Waals surface area contributed by atoms with E-state index < -0.39 is 39.7 Å². The number of Topliss-reactive ketones (excluding diaryl/α,β-unsaturated/α-hetero) is 1. The molecular weight excluding hydrogens is 642 g/mol. The summed E-state index contributed by atoms with van der Waals surface area (Å²) in [6.45, 7) is 0.660. The maximum atomic E-state index is 13.9. The first-order valence-corrected chi connectivity index (χ1v) is 16.3. The van der Waals surface area contributed by atoms with Gasteiger partial charge in [0.2, 0.25) is 15.8 Å². The topological polar surface area (TPSA) is 151 Å². The van der Waals surface area contributed by atoms with Crippen molar-refractivity contribution in [3.63, 3.8) is 0 Å². The Bertz CT molecular complexity index is 1490. The number of sulfonamides is 1. The fourth-order valence-electron chi connectivity index (χ4n) is 5.47. The van der Waals surface area contributed by atoms with Crippen molar-refractivity contribution in [2.75, 3.05) is 61.4 Å². The molecule has 1 aromatic carbocycles. The lowest BCUT2D eigenvalue weighted by Gasteiger charge is -2.36. The van der Waals surface area contributed by atoms with Gasteiger partial charge in [-0.3, -0.25) is 9.79 Å². The third-order valence-electron chi connectivity index (χ3n) is 7.92. The molecule has 4 rings (SSSR count). The van der Waals surface area contributed by atoms with Crippen molar-refractivity contribution in [3.05, 3.63) is 47.3 Å². The quantitative estimate of drug-likeness (QED) is 0.208. The van der Waals surface area contributed by atoms with Gasteiger partial charge in [-0.05, 0) is 43.4 Å². The number of anilines is 2. The number of aliphatic imine (C=N–C) groups is 1. The third kappa shape index (κ3) is 9.43. The molecule has 11 nitrogen and oxygen atoms in total. The van der Waals surface area contributed by atoms with E-state index in [0.717, 1.165) is 12.1 Å². The molecule has 2 fully saturated rings. The number of hydrogen-bond donors (Lipinski definition) is 2. The molecular formula is C28H36F6N8O3S. The van der Waals surface area contributed by atoms with Crippen molar-refractivity contribution in [1.82, 2.24) is 14.3 Å². The monoisotopic (exact) mass is 678 g/mol. The number of nitrogens with two attached hydrogens (primary N) is 2. The Hall–Kier alpha value is -3.67. The Kier molecular flexibility index (Phi) is 11.0. The largest absolute Gasteiger partial charge is 0.451 e. The average molecular weight is 679 g/mol. The van der Waals surface area contributed by atoms with E-state index in [-0.39, 0.29) is 74.8 Å². The fourth-order valence-corrected chi connectivity index (χ4v) is 6.77. The van der Waals surface area contributed by atoms with E-state index in [0.29, 0.717) is 37.8 Å². The van der Waals surface area contributed by atoms with E-state index in [1.165, 1.54) is 22.5 Å². The van der Waals surface area contributed by atoms with Crippen molar-refractivity contribution < 1.29 is 39.6 Å². The molecule has 1 aromatic heterocycles. The molecule has 2 aliphatic heterocycles. The van der Waals surface area contributed by atoms with E-state index >= 15 is 0 Å². The molecule has 2 saturated heterocycles. The number of carbonyl (C=O) groups excluding carboxylic acids is 1.